The molecule has 2 aromatic rings. The molecule has 2 rings (SSSR count). The Morgan fingerprint density at radius 2 is 2.11 bits per heavy atom. The van der Waals surface area contributed by atoms with Gasteiger partial charge >= 0.3 is 0 Å². The number of hydrogen-bond acceptors (Lipinski definition) is 4. The minimum absolute atomic E-state index is 0.645. The van der Waals surface area contributed by atoms with Crippen molar-refractivity contribution < 1.29 is 0 Å². The van der Waals surface area contributed by atoms with E-state index in [1.165, 1.54) is 0 Å². The topological polar surface area (TPSA) is 55.6 Å². The summed E-state index contributed by atoms with van der Waals surface area (Å²) < 4.78 is 1.83. The molecule has 102 valence electrons. The molecule has 0 bridgehead atoms. The zero-order chi connectivity index (χ0) is 13.7. The summed E-state index contributed by atoms with van der Waals surface area (Å²) in [4.78, 5) is 4.46. The molecule has 0 unspecified atom stereocenters. The van der Waals surface area contributed by atoms with Gasteiger partial charge in [0.25, 0.3) is 0 Å². The van der Waals surface area contributed by atoms with E-state index in [1.807, 2.05) is 36.0 Å². The number of rotatable bonds is 6. The van der Waals surface area contributed by atoms with Gasteiger partial charge in [0, 0.05) is 12.2 Å². The van der Waals surface area contributed by atoms with Crippen LogP contribution in [0.15, 0.2) is 24.4 Å². The minimum atomic E-state index is 0.645. The van der Waals surface area contributed by atoms with Gasteiger partial charge in [-0.15, -0.1) is 5.10 Å². The fourth-order valence-electron chi connectivity index (χ4n) is 1.84. The van der Waals surface area contributed by atoms with Crippen LogP contribution in [0.3, 0.4) is 0 Å². The average molecular weight is 259 g/mol. The minimum Gasteiger partial charge on any atom is -0.311 e. The number of aromatic nitrogens is 4. The fraction of sp³-hybridized carbons (Fsp3) is 0.500. The van der Waals surface area contributed by atoms with Crippen molar-refractivity contribution in [3.05, 3.63) is 41.5 Å². The van der Waals surface area contributed by atoms with E-state index in [0.717, 1.165) is 30.2 Å². The van der Waals surface area contributed by atoms with Crippen LogP contribution in [0.2, 0.25) is 0 Å². The lowest BCUT2D eigenvalue weighted by molar-refractivity contribution is 0.548. The van der Waals surface area contributed by atoms with Crippen LogP contribution in [0, 0.1) is 12.8 Å². The summed E-state index contributed by atoms with van der Waals surface area (Å²) in [7, 11) is 0. The summed E-state index contributed by atoms with van der Waals surface area (Å²) in [5, 5.41) is 11.6. The predicted molar refractivity (Wildman–Crippen MR) is 74.6 cm³/mol. The largest absolute Gasteiger partial charge is 0.311 e. The molecule has 0 amide bonds. The average Bonchev–Trinajstić information content (AvgIpc) is 2.76. The molecule has 5 nitrogen and oxygen atoms in total. The van der Waals surface area contributed by atoms with Crippen molar-refractivity contribution in [3.8, 4) is 0 Å². The Hall–Kier alpha value is -1.75. The quantitative estimate of drug-likeness (QED) is 0.859. The first kappa shape index (κ1) is 13.7. The summed E-state index contributed by atoms with van der Waals surface area (Å²) in [6.07, 6.45) is 1.97. The van der Waals surface area contributed by atoms with Gasteiger partial charge in [-0.3, -0.25) is 4.98 Å². The molecule has 0 aliphatic carbocycles. The Morgan fingerprint density at radius 1 is 1.26 bits per heavy atom. The predicted octanol–water partition coefficient (Wildman–Crippen LogP) is 1.78. The van der Waals surface area contributed by atoms with Crippen LogP contribution in [0.25, 0.3) is 0 Å². The Bertz CT molecular complexity index is 518. The van der Waals surface area contributed by atoms with E-state index in [9.17, 15) is 0 Å². The van der Waals surface area contributed by atoms with Crippen molar-refractivity contribution >= 4 is 0 Å². The number of nitrogens with zero attached hydrogens (tertiary/aromatic N) is 4. The first-order valence-corrected chi connectivity index (χ1v) is 6.66. The monoisotopic (exact) mass is 259 g/mol. The van der Waals surface area contributed by atoms with Crippen molar-refractivity contribution in [3.63, 3.8) is 0 Å². The van der Waals surface area contributed by atoms with E-state index in [4.69, 9.17) is 0 Å². The van der Waals surface area contributed by atoms with Gasteiger partial charge in [-0.1, -0.05) is 25.1 Å². The molecule has 0 fully saturated rings. The van der Waals surface area contributed by atoms with Gasteiger partial charge in [0.2, 0.25) is 0 Å². The molecule has 2 heterocycles. The van der Waals surface area contributed by atoms with Crippen LogP contribution >= 0.6 is 0 Å². The van der Waals surface area contributed by atoms with E-state index >= 15 is 0 Å². The maximum absolute atomic E-state index is 4.46. The molecule has 0 atom stereocenters. The number of hydrogen-bond donors (Lipinski definition) is 1. The molecule has 0 spiro atoms. The van der Waals surface area contributed by atoms with Crippen LogP contribution in [-0.2, 0) is 13.1 Å². The molecule has 19 heavy (non-hydrogen) atoms. The summed E-state index contributed by atoms with van der Waals surface area (Å²) in [6.45, 7) is 8.79. The van der Waals surface area contributed by atoms with Crippen LogP contribution in [-0.4, -0.2) is 26.5 Å². The van der Waals surface area contributed by atoms with Gasteiger partial charge in [0.05, 0.1) is 24.1 Å². The Morgan fingerprint density at radius 3 is 2.84 bits per heavy atom. The molecule has 0 aliphatic heterocycles. The highest BCUT2D eigenvalue weighted by Gasteiger charge is 2.03. The standard InChI is InChI=1S/C14H21N5/c1-11(2)7-15-8-14-10-19(18-17-14)9-13-6-4-5-12(3)16-13/h4-6,10-11,15H,7-9H2,1-3H3. The maximum atomic E-state index is 4.46. The highest BCUT2D eigenvalue weighted by Crippen LogP contribution is 2.01. The van der Waals surface area contributed by atoms with Gasteiger partial charge in [0.1, 0.15) is 0 Å². The third kappa shape index (κ3) is 4.44. The fourth-order valence-corrected chi connectivity index (χ4v) is 1.84. The second-order valence-electron chi connectivity index (χ2n) is 5.20. The van der Waals surface area contributed by atoms with E-state index in [-0.39, 0.29) is 0 Å². The van der Waals surface area contributed by atoms with Crippen molar-refractivity contribution in [2.75, 3.05) is 6.54 Å². The van der Waals surface area contributed by atoms with Crippen LogP contribution in [0.4, 0.5) is 0 Å². The summed E-state index contributed by atoms with van der Waals surface area (Å²) in [5.41, 5.74) is 3.00. The highest BCUT2D eigenvalue weighted by atomic mass is 15.4. The van der Waals surface area contributed by atoms with Crippen molar-refractivity contribution in [2.45, 2.75) is 33.9 Å². The maximum Gasteiger partial charge on any atom is 0.0964 e. The number of nitrogens with one attached hydrogen (secondary N) is 1. The van der Waals surface area contributed by atoms with E-state index in [0.29, 0.717) is 12.5 Å². The molecule has 0 radical (unpaired) electrons. The highest BCUT2D eigenvalue weighted by molar-refractivity contribution is 5.10. The lowest BCUT2D eigenvalue weighted by atomic mass is 10.2. The van der Waals surface area contributed by atoms with Gasteiger partial charge in [0.15, 0.2) is 0 Å². The molecular formula is C14H21N5. The van der Waals surface area contributed by atoms with Crippen molar-refractivity contribution in [1.82, 2.24) is 25.3 Å². The second kappa shape index (κ2) is 6.43. The van der Waals surface area contributed by atoms with Gasteiger partial charge < -0.3 is 5.32 Å². The molecular weight excluding hydrogens is 238 g/mol. The first-order chi connectivity index (χ1) is 9.13. The molecule has 0 saturated heterocycles. The molecule has 0 aliphatic rings. The zero-order valence-electron chi connectivity index (χ0n) is 11.8. The van der Waals surface area contributed by atoms with Crippen LogP contribution < -0.4 is 5.32 Å². The molecule has 2 aromatic heterocycles. The summed E-state index contributed by atoms with van der Waals surface area (Å²) in [5.74, 6) is 0.645. The Balaban J connectivity index is 1.90. The van der Waals surface area contributed by atoms with Crippen LogP contribution in [0.1, 0.15) is 30.9 Å². The third-order valence-electron chi connectivity index (χ3n) is 2.71. The van der Waals surface area contributed by atoms with E-state index in [1.54, 1.807) is 0 Å². The van der Waals surface area contributed by atoms with E-state index in [2.05, 4.69) is 34.5 Å². The van der Waals surface area contributed by atoms with Crippen molar-refractivity contribution in [2.24, 2.45) is 5.92 Å². The molecule has 0 saturated carbocycles. The SMILES string of the molecule is Cc1cccc(Cn2cc(CNCC(C)C)nn2)n1. The molecule has 5 heteroatoms. The number of aryl methyl sites for hydroxylation is 1. The van der Waals surface area contributed by atoms with Gasteiger partial charge in [-0.25, -0.2) is 4.68 Å². The first-order valence-electron chi connectivity index (χ1n) is 6.66. The van der Waals surface area contributed by atoms with Gasteiger partial charge in [-0.2, -0.15) is 0 Å². The van der Waals surface area contributed by atoms with Crippen LogP contribution in [0.5, 0.6) is 0 Å². The zero-order valence-corrected chi connectivity index (χ0v) is 11.8. The second-order valence-corrected chi connectivity index (χ2v) is 5.20. The lowest BCUT2D eigenvalue weighted by Gasteiger charge is -2.04. The smallest absolute Gasteiger partial charge is 0.0964 e. The number of pyridine rings is 1. The van der Waals surface area contributed by atoms with Crippen molar-refractivity contribution in [1.29, 1.82) is 0 Å². The lowest BCUT2D eigenvalue weighted by Crippen LogP contribution is -2.19. The summed E-state index contributed by atoms with van der Waals surface area (Å²) >= 11 is 0. The molecule has 1 N–H and O–H groups in total. The van der Waals surface area contributed by atoms with Gasteiger partial charge in [-0.05, 0) is 31.5 Å². The Kier molecular flexibility index (Phi) is 4.63. The molecule has 0 aromatic carbocycles. The van der Waals surface area contributed by atoms with E-state index < -0.39 is 0 Å². The normalized spacial score (nSPS) is 11.2. The Labute approximate surface area is 114 Å². The summed E-state index contributed by atoms with van der Waals surface area (Å²) in [6, 6.07) is 6.01. The third-order valence-corrected chi connectivity index (χ3v) is 2.71.